The first-order valence-electron chi connectivity index (χ1n) is 9.87. The minimum absolute atomic E-state index is 0.0687. The summed E-state index contributed by atoms with van der Waals surface area (Å²) < 4.78 is 33.7. The number of hydrogen-bond acceptors (Lipinski definition) is 4. The smallest absolute Gasteiger partial charge is 0.317 e. The van der Waals surface area contributed by atoms with Crippen molar-refractivity contribution >= 4 is 17.5 Å². The maximum Gasteiger partial charge on any atom is 0.317 e. The van der Waals surface area contributed by atoms with E-state index in [1.165, 1.54) is 19.2 Å². The Hall–Kier alpha value is -3.16. The number of carbonyl (C=O) groups is 2. The average Bonchev–Trinajstić information content (AvgIpc) is 2.77. The maximum atomic E-state index is 15.2. The summed E-state index contributed by atoms with van der Waals surface area (Å²) in [4.78, 5) is 26.7. The number of benzene rings is 2. The van der Waals surface area contributed by atoms with Crippen LogP contribution in [-0.4, -0.2) is 42.5 Å². The lowest BCUT2D eigenvalue weighted by Gasteiger charge is -2.47. The molecule has 0 unspecified atom stereocenters. The number of ether oxygens (including phenoxy) is 1. The zero-order valence-corrected chi connectivity index (χ0v) is 16.7. The van der Waals surface area contributed by atoms with Gasteiger partial charge in [-0.3, -0.25) is 4.79 Å². The van der Waals surface area contributed by atoms with E-state index in [4.69, 9.17) is 4.74 Å². The van der Waals surface area contributed by atoms with Crippen molar-refractivity contribution in [3.63, 3.8) is 0 Å². The lowest BCUT2D eigenvalue weighted by molar-refractivity contribution is 0.0805. The zero-order chi connectivity index (χ0) is 21.3. The number of anilines is 1. The lowest BCUT2D eigenvalue weighted by Crippen LogP contribution is -2.57. The molecule has 2 amide bonds. The van der Waals surface area contributed by atoms with E-state index in [-0.39, 0.29) is 24.8 Å². The van der Waals surface area contributed by atoms with Crippen molar-refractivity contribution in [1.82, 2.24) is 10.2 Å². The van der Waals surface area contributed by atoms with Gasteiger partial charge in [0.25, 0.3) is 0 Å². The van der Waals surface area contributed by atoms with Gasteiger partial charge < -0.3 is 15.0 Å². The predicted octanol–water partition coefficient (Wildman–Crippen LogP) is 3.86. The molecule has 2 heterocycles. The number of halogens is 2. The fourth-order valence-corrected chi connectivity index (χ4v) is 4.25. The van der Waals surface area contributed by atoms with Crippen LogP contribution in [-0.2, 0) is 6.54 Å². The second kappa shape index (κ2) is 7.93. The highest BCUT2D eigenvalue weighted by atomic mass is 19.2. The molecule has 0 saturated carbocycles. The largest absolute Gasteiger partial charge is 0.496 e. The molecule has 2 aliphatic rings. The fourth-order valence-electron chi connectivity index (χ4n) is 4.25. The van der Waals surface area contributed by atoms with Gasteiger partial charge >= 0.3 is 6.03 Å². The number of fused-ring (bicyclic) bond motifs is 1. The number of methoxy groups -OCH3 is 1. The normalized spacial score (nSPS) is 17.6. The lowest BCUT2D eigenvalue weighted by atomic mass is 9.78. The number of likely N-dealkylation sites (tertiary alicyclic amines) is 1. The number of para-hydroxylation sites is 1. The molecule has 2 aromatic rings. The number of Topliss-reactive ketones (excluding diaryl/α,β-unsaturated/α-hetero) is 1. The first-order valence-corrected chi connectivity index (χ1v) is 9.87. The molecule has 0 radical (unpaired) electrons. The minimum Gasteiger partial charge on any atom is -0.496 e. The Bertz CT molecular complexity index is 974. The van der Waals surface area contributed by atoms with Crippen molar-refractivity contribution in [3.8, 4) is 5.75 Å². The van der Waals surface area contributed by atoms with E-state index in [0.717, 1.165) is 5.12 Å². The molecule has 0 bridgehead atoms. The molecule has 1 saturated heterocycles. The highest BCUT2D eigenvalue weighted by Gasteiger charge is 2.47. The number of urea groups is 1. The van der Waals surface area contributed by atoms with Gasteiger partial charge in [0.05, 0.1) is 18.3 Å². The Balaban J connectivity index is 1.39. The van der Waals surface area contributed by atoms with E-state index in [0.29, 0.717) is 48.5 Å². The Kier molecular flexibility index (Phi) is 5.32. The van der Waals surface area contributed by atoms with Crippen molar-refractivity contribution in [3.05, 3.63) is 59.4 Å². The van der Waals surface area contributed by atoms with Crippen molar-refractivity contribution in [1.29, 1.82) is 0 Å². The van der Waals surface area contributed by atoms with Crippen molar-refractivity contribution < 1.29 is 23.2 Å². The number of rotatable bonds is 3. The van der Waals surface area contributed by atoms with Gasteiger partial charge in [0, 0.05) is 43.2 Å². The van der Waals surface area contributed by atoms with Crippen LogP contribution >= 0.6 is 0 Å². The summed E-state index contributed by atoms with van der Waals surface area (Å²) in [5.74, 6) is -0.121. The SMILES string of the molecule is COc1cc(F)ccc1CNC(=O)N1CCC2(CC1)CC(=O)c1ccccc1N2F. The highest BCUT2D eigenvalue weighted by molar-refractivity contribution is 6.04. The number of nitrogens with one attached hydrogen (secondary N) is 1. The van der Waals surface area contributed by atoms with E-state index in [9.17, 15) is 14.0 Å². The Morgan fingerprint density at radius 3 is 2.67 bits per heavy atom. The topological polar surface area (TPSA) is 61.9 Å². The number of carbonyl (C=O) groups excluding carboxylic acids is 2. The highest BCUT2D eigenvalue weighted by Crippen LogP contribution is 2.43. The van der Waals surface area contributed by atoms with Gasteiger partial charge in [0.1, 0.15) is 11.6 Å². The van der Waals surface area contributed by atoms with Crippen LogP contribution in [0, 0.1) is 5.82 Å². The summed E-state index contributed by atoms with van der Waals surface area (Å²) in [6.45, 7) is 0.857. The second-order valence-electron chi connectivity index (χ2n) is 7.72. The third-order valence-electron chi connectivity index (χ3n) is 5.98. The number of amides is 2. The molecule has 1 spiro atoms. The molecule has 6 nitrogen and oxygen atoms in total. The number of hydrogen-bond donors (Lipinski definition) is 1. The maximum absolute atomic E-state index is 15.2. The molecular formula is C22H23F2N3O3. The van der Waals surface area contributed by atoms with Crippen LogP contribution in [0.4, 0.5) is 19.4 Å². The molecule has 0 aliphatic carbocycles. The third kappa shape index (κ3) is 3.58. The van der Waals surface area contributed by atoms with Crippen molar-refractivity contribution in [2.24, 2.45) is 0 Å². The molecule has 30 heavy (non-hydrogen) atoms. The summed E-state index contributed by atoms with van der Waals surface area (Å²) in [5, 5.41) is 3.52. The summed E-state index contributed by atoms with van der Waals surface area (Å²) in [6, 6.07) is 10.5. The molecule has 158 valence electrons. The van der Waals surface area contributed by atoms with Crippen LogP contribution in [0.1, 0.15) is 35.2 Å². The standard InChI is InChI=1S/C22H23F2N3O3/c1-30-20-12-16(23)7-6-15(20)14-25-21(29)26-10-8-22(9-11-26)13-19(28)17-4-2-3-5-18(17)27(22)24/h2-7,12H,8-11,13-14H2,1H3,(H,25,29). The van der Waals surface area contributed by atoms with Crippen LogP contribution in [0.5, 0.6) is 5.75 Å². The van der Waals surface area contributed by atoms with E-state index < -0.39 is 11.4 Å². The summed E-state index contributed by atoms with van der Waals surface area (Å²) in [7, 11) is 1.44. The molecule has 2 aliphatic heterocycles. The molecule has 0 atom stereocenters. The summed E-state index contributed by atoms with van der Waals surface area (Å²) >= 11 is 0. The first-order chi connectivity index (χ1) is 14.4. The van der Waals surface area contributed by atoms with E-state index >= 15 is 4.48 Å². The average molecular weight is 415 g/mol. The Labute approximate surface area is 173 Å². The van der Waals surface area contributed by atoms with Gasteiger partial charge in [0.15, 0.2) is 5.78 Å². The monoisotopic (exact) mass is 415 g/mol. The fraction of sp³-hybridized carbons (Fsp3) is 0.364. The third-order valence-corrected chi connectivity index (χ3v) is 5.98. The first kappa shape index (κ1) is 20.1. The summed E-state index contributed by atoms with van der Waals surface area (Å²) in [6.07, 6.45) is 0.816. The van der Waals surface area contributed by atoms with Crippen molar-refractivity contribution in [2.75, 3.05) is 25.3 Å². The van der Waals surface area contributed by atoms with Crippen LogP contribution in [0.3, 0.4) is 0 Å². The molecule has 1 fully saturated rings. The van der Waals surface area contributed by atoms with Crippen LogP contribution in [0.2, 0.25) is 0 Å². The van der Waals surface area contributed by atoms with E-state index in [2.05, 4.69) is 5.32 Å². The molecule has 8 heteroatoms. The molecule has 2 aromatic carbocycles. The van der Waals surface area contributed by atoms with Gasteiger partial charge in [-0.1, -0.05) is 22.7 Å². The summed E-state index contributed by atoms with van der Waals surface area (Å²) in [5.41, 5.74) is 0.446. The van der Waals surface area contributed by atoms with Crippen molar-refractivity contribution in [2.45, 2.75) is 31.3 Å². The molecule has 0 aromatic heterocycles. The second-order valence-corrected chi connectivity index (χ2v) is 7.72. The predicted molar refractivity (Wildman–Crippen MR) is 108 cm³/mol. The van der Waals surface area contributed by atoms with Crippen LogP contribution in [0.25, 0.3) is 0 Å². The number of ketones is 1. The van der Waals surface area contributed by atoms with Crippen LogP contribution in [0.15, 0.2) is 42.5 Å². The number of nitrogens with zero attached hydrogens (tertiary/aromatic N) is 2. The van der Waals surface area contributed by atoms with E-state index in [1.54, 1.807) is 35.2 Å². The van der Waals surface area contributed by atoms with Crippen LogP contribution < -0.4 is 15.2 Å². The van der Waals surface area contributed by atoms with Gasteiger partial charge in [0.2, 0.25) is 0 Å². The molecule has 1 N–H and O–H groups in total. The number of piperidine rings is 1. The van der Waals surface area contributed by atoms with E-state index in [1.807, 2.05) is 0 Å². The Morgan fingerprint density at radius 2 is 1.93 bits per heavy atom. The van der Waals surface area contributed by atoms with Gasteiger partial charge in [-0.25, -0.2) is 14.3 Å². The molecular weight excluding hydrogens is 392 g/mol. The zero-order valence-electron chi connectivity index (χ0n) is 16.7. The quantitative estimate of drug-likeness (QED) is 0.774. The van der Waals surface area contributed by atoms with Gasteiger partial charge in [-0.15, -0.1) is 0 Å². The minimum atomic E-state index is -0.914. The van der Waals surface area contributed by atoms with Gasteiger partial charge in [-0.2, -0.15) is 0 Å². The van der Waals surface area contributed by atoms with Gasteiger partial charge in [-0.05, 0) is 31.0 Å². The Morgan fingerprint density at radius 1 is 1.20 bits per heavy atom. The molecule has 4 rings (SSSR count).